The number of nitrogens with one attached hydrogen (secondary N) is 1. The van der Waals surface area contributed by atoms with Crippen molar-refractivity contribution in [2.45, 2.75) is 20.3 Å². The van der Waals surface area contributed by atoms with Gasteiger partial charge in [-0.1, -0.05) is 0 Å². The second-order valence-corrected chi connectivity index (χ2v) is 3.71. The summed E-state index contributed by atoms with van der Waals surface area (Å²) < 4.78 is 0. The fourth-order valence-electron chi connectivity index (χ4n) is 1.40. The van der Waals surface area contributed by atoms with E-state index in [0.29, 0.717) is 18.7 Å². The van der Waals surface area contributed by atoms with E-state index in [1.165, 1.54) is 0 Å². The highest BCUT2D eigenvalue weighted by Gasteiger charge is 2.14. The summed E-state index contributed by atoms with van der Waals surface area (Å²) in [6, 6.07) is 3.33. The van der Waals surface area contributed by atoms with Crippen LogP contribution in [0, 0.1) is 24.0 Å². The molecule has 16 heavy (non-hydrogen) atoms. The van der Waals surface area contributed by atoms with Gasteiger partial charge >= 0.3 is 0 Å². The molecule has 0 saturated carbocycles. The first kappa shape index (κ1) is 12.4. The summed E-state index contributed by atoms with van der Waals surface area (Å²) >= 11 is 0. The predicted octanol–water partition coefficient (Wildman–Crippen LogP) is 2.01. The molecular weight excluding hydrogens is 208 g/mol. The van der Waals surface area contributed by atoms with Crippen LogP contribution in [0.1, 0.15) is 17.5 Å². The molecular formula is C11H16N2O3. The Morgan fingerprint density at radius 2 is 2.00 bits per heavy atom. The molecule has 0 saturated heterocycles. The third kappa shape index (κ3) is 2.93. The van der Waals surface area contributed by atoms with E-state index in [-0.39, 0.29) is 12.3 Å². The summed E-state index contributed by atoms with van der Waals surface area (Å²) in [5.41, 5.74) is 2.51. The Hall–Kier alpha value is -1.62. The molecule has 0 aliphatic carbocycles. The zero-order valence-corrected chi connectivity index (χ0v) is 9.49. The summed E-state index contributed by atoms with van der Waals surface area (Å²) in [5, 5.41) is 22.4. The first-order valence-electron chi connectivity index (χ1n) is 5.16. The number of rotatable bonds is 5. The molecule has 1 aromatic rings. The van der Waals surface area contributed by atoms with Gasteiger partial charge in [-0.15, -0.1) is 0 Å². The second-order valence-electron chi connectivity index (χ2n) is 3.71. The van der Waals surface area contributed by atoms with Gasteiger partial charge in [0, 0.05) is 19.2 Å². The van der Waals surface area contributed by atoms with Gasteiger partial charge in [-0.05, 0) is 37.5 Å². The van der Waals surface area contributed by atoms with Crippen molar-refractivity contribution in [2.75, 3.05) is 18.5 Å². The lowest BCUT2D eigenvalue weighted by atomic mass is 10.1. The molecule has 0 atom stereocenters. The third-order valence-electron chi connectivity index (χ3n) is 2.46. The van der Waals surface area contributed by atoms with Crippen molar-refractivity contribution in [3.8, 4) is 0 Å². The first-order valence-corrected chi connectivity index (χ1v) is 5.16. The first-order chi connectivity index (χ1) is 7.56. The van der Waals surface area contributed by atoms with E-state index in [0.717, 1.165) is 11.1 Å². The quantitative estimate of drug-likeness (QED) is 0.455. The van der Waals surface area contributed by atoms with Crippen molar-refractivity contribution in [2.24, 2.45) is 0 Å². The number of nitro groups is 1. The van der Waals surface area contributed by atoms with Crippen LogP contribution >= 0.6 is 0 Å². The van der Waals surface area contributed by atoms with Crippen LogP contribution < -0.4 is 5.32 Å². The average molecular weight is 224 g/mol. The summed E-state index contributed by atoms with van der Waals surface area (Å²) in [4.78, 5) is 10.4. The Kier molecular flexibility index (Phi) is 4.25. The molecule has 0 radical (unpaired) electrons. The molecule has 5 nitrogen and oxygen atoms in total. The highest BCUT2D eigenvalue weighted by Crippen LogP contribution is 2.27. The molecule has 0 unspecified atom stereocenters. The van der Waals surface area contributed by atoms with Crippen LogP contribution in [0.3, 0.4) is 0 Å². The van der Waals surface area contributed by atoms with E-state index < -0.39 is 4.92 Å². The van der Waals surface area contributed by atoms with Gasteiger partial charge < -0.3 is 10.4 Å². The topological polar surface area (TPSA) is 75.4 Å². The molecule has 0 aliphatic rings. The van der Waals surface area contributed by atoms with Crippen LogP contribution in [-0.2, 0) is 0 Å². The fourth-order valence-corrected chi connectivity index (χ4v) is 1.40. The second kappa shape index (κ2) is 5.46. The zero-order valence-electron chi connectivity index (χ0n) is 9.49. The molecule has 0 heterocycles. The van der Waals surface area contributed by atoms with Crippen molar-refractivity contribution in [1.82, 2.24) is 0 Å². The predicted molar refractivity (Wildman–Crippen MR) is 62.8 cm³/mol. The summed E-state index contributed by atoms with van der Waals surface area (Å²) in [6.07, 6.45) is 0.573. The lowest BCUT2D eigenvalue weighted by Gasteiger charge is -2.08. The minimum atomic E-state index is -0.395. The Morgan fingerprint density at radius 1 is 1.38 bits per heavy atom. The van der Waals surface area contributed by atoms with Crippen LogP contribution in [0.2, 0.25) is 0 Å². The normalized spacial score (nSPS) is 10.2. The summed E-state index contributed by atoms with van der Waals surface area (Å²) in [7, 11) is 0. The number of nitrogens with zero attached hydrogens (tertiary/aromatic N) is 1. The van der Waals surface area contributed by atoms with Crippen molar-refractivity contribution < 1.29 is 10.0 Å². The van der Waals surface area contributed by atoms with E-state index in [2.05, 4.69) is 5.32 Å². The Labute approximate surface area is 94.3 Å². The molecule has 2 N–H and O–H groups in total. The molecule has 88 valence electrons. The maximum atomic E-state index is 10.8. The highest BCUT2D eigenvalue weighted by atomic mass is 16.6. The van der Waals surface area contributed by atoms with Gasteiger partial charge in [-0.3, -0.25) is 10.1 Å². The molecule has 1 aromatic carbocycles. The molecule has 0 fully saturated rings. The fraction of sp³-hybridized carbons (Fsp3) is 0.455. The SMILES string of the molecule is Cc1cc(NCCCO)c([N+](=O)[O-])cc1C. The third-order valence-corrected chi connectivity index (χ3v) is 2.46. The van der Waals surface area contributed by atoms with Crippen molar-refractivity contribution in [1.29, 1.82) is 0 Å². The van der Waals surface area contributed by atoms with E-state index in [1.807, 2.05) is 13.8 Å². The number of anilines is 1. The lowest BCUT2D eigenvalue weighted by molar-refractivity contribution is -0.384. The van der Waals surface area contributed by atoms with Gasteiger partial charge in [-0.2, -0.15) is 0 Å². The van der Waals surface area contributed by atoms with Crippen LogP contribution in [-0.4, -0.2) is 23.2 Å². The van der Waals surface area contributed by atoms with E-state index in [1.54, 1.807) is 12.1 Å². The van der Waals surface area contributed by atoms with Crippen LogP contribution in [0.25, 0.3) is 0 Å². The molecule has 1 rings (SSSR count). The highest BCUT2D eigenvalue weighted by molar-refractivity contribution is 5.64. The monoisotopic (exact) mass is 224 g/mol. The number of benzene rings is 1. The van der Waals surface area contributed by atoms with Gasteiger partial charge in [0.05, 0.1) is 4.92 Å². The maximum absolute atomic E-state index is 10.8. The van der Waals surface area contributed by atoms with Crippen molar-refractivity contribution in [3.63, 3.8) is 0 Å². The summed E-state index contributed by atoms with van der Waals surface area (Å²) in [5.74, 6) is 0. The number of hydrogen-bond donors (Lipinski definition) is 2. The smallest absolute Gasteiger partial charge is 0.292 e. The van der Waals surface area contributed by atoms with Gasteiger partial charge in [-0.25, -0.2) is 0 Å². The molecule has 0 amide bonds. The number of aryl methyl sites for hydroxylation is 2. The molecule has 0 spiro atoms. The number of hydrogen-bond acceptors (Lipinski definition) is 4. The average Bonchev–Trinajstić information content (AvgIpc) is 2.23. The van der Waals surface area contributed by atoms with E-state index in [4.69, 9.17) is 5.11 Å². The Bertz CT molecular complexity index is 391. The van der Waals surface area contributed by atoms with Crippen LogP contribution in [0.5, 0.6) is 0 Å². The number of aliphatic hydroxyl groups is 1. The molecule has 5 heteroatoms. The maximum Gasteiger partial charge on any atom is 0.292 e. The van der Waals surface area contributed by atoms with Gasteiger partial charge in [0.25, 0.3) is 5.69 Å². The van der Waals surface area contributed by atoms with Crippen molar-refractivity contribution >= 4 is 11.4 Å². The minimum Gasteiger partial charge on any atom is -0.396 e. The lowest BCUT2D eigenvalue weighted by Crippen LogP contribution is -2.06. The number of nitro benzene ring substituents is 1. The molecule has 0 aromatic heterocycles. The minimum absolute atomic E-state index is 0.0750. The van der Waals surface area contributed by atoms with Gasteiger partial charge in [0.1, 0.15) is 5.69 Å². The molecule has 0 aliphatic heterocycles. The Morgan fingerprint density at radius 3 is 2.56 bits per heavy atom. The van der Waals surface area contributed by atoms with E-state index >= 15 is 0 Å². The van der Waals surface area contributed by atoms with Gasteiger partial charge in [0.15, 0.2) is 0 Å². The van der Waals surface area contributed by atoms with E-state index in [9.17, 15) is 10.1 Å². The largest absolute Gasteiger partial charge is 0.396 e. The summed E-state index contributed by atoms with van der Waals surface area (Å²) in [6.45, 7) is 4.36. The van der Waals surface area contributed by atoms with Crippen LogP contribution in [0.15, 0.2) is 12.1 Å². The Balaban J connectivity index is 2.95. The number of aliphatic hydroxyl groups excluding tert-OH is 1. The molecule has 0 bridgehead atoms. The standard InChI is InChI=1S/C11H16N2O3/c1-8-6-10(12-4-3-5-14)11(13(15)16)7-9(8)2/h6-7,12,14H,3-5H2,1-2H3. The zero-order chi connectivity index (χ0) is 12.1. The van der Waals surface area contributed by atoms with Crippen molar-refractivity contribution in [3.05, 3.63) is 33.4 Å². The van der Waals surface area contributed by atoms with Crippen LogP contribution in [0.4, 0.5) is 11.4 Å². The van der Waals surface area contributed by atoms with Gasteiger partial charge in [0.2, 0.25) is 0 Å².